The molecule has 1 aliphatic heterocycles. The summed E-state index contributed by atoms with van der Waals surface area (Å²) in [7, 11) is -3.09. The quantitative estimate of drug-likeness (QED) is 0.803. The maximum Gasteiger partial charge on any atom is 0.310 e. The Balaban J connectivity index is 1.89. The SMILES string of the molecule is NC(=O)c1ccc(COC(=O)[C@@H]2CCS(=O)(=O)C2)cc1. The third kappa shape index (κ3) is 3.57. The zero-order chi connectivity index (χ0) is 14.8. The third-order valence-corrected chi connectivity index (χ3v) is 4.95. The van der Waals surface area contributed by atoms with Crippen molar-refractivity contribution in [3.8, 4) is 0 Å². The van der Waals surface area contributed by atoms with Crippen LogP contribution in [0.4, 0.5) is 0 Å². The summed E-state index contributed by atoms with van der Waals surface area (Å²) in [6, 6.07) is 6.37. The van der Waals surface area contributed by atoms with Crippen molar-refractivity contribution < 1.29 is 22.7 Å². The zero-order valence-corrected chi connectivity index (χ0v) is 11.6. The Hall–Kier alpha value is -1.89. The van der Waals surface area contributed by atoms with Gasteiger partial charge in [-0.3, -0.25) is 9.59 Å². The molecular formula is C13H15NO5S. The van der Waals surface area contributed by atoms with Crippen molar-refractivity contribution in [3.05, 3.63) is 35.4 Å². The Kier molecular flexibility index (Phi) is 4.08. The standard InChI is InChI=1S/C13H15NO5S/c14-12(15)10-3-1-9(2-4-10)7-19-13(16)11-5-6-20(17,18)8-11/h1-4,11H,5-8H2,(H2,14,15)/t11-/m1/s1. The predicted octanol–water partition coefficient (Wildman–Crippen LogP) is 0.263. The molecule has 0 unspecified atom stereocenters. The number of amides is 1. The molecule has 0 bridgehead atoms. The van der Waals surface area contributed by atoms with Crippen molar-refractivity contribution in [2.45, 2.75) is 13.0 Å². The Morgan fingerprint density at radius 2 is 1.90 bits per heavy atom. The second-order valence-corrected chi connectivity index (χ2v) is 7.00. The number of rotatable bonds is 4. The predicted molar refractivity (Wildman–Crippen MR) is 71.5 cm³/mol. The van der Waals surface area contributed by atoms with Gasteiger partial charge in [-0.1, -0.05) is 12.1 Å². The van der Waals surface area contributed by atoms with Gasteiger partial charge in [0.2, 0.25) is 5.91 Å². The number of hydrogen-bond acceptors (Lipinski definition) is 5. The summed E-state index contributed by atoms with van der Waals surface area (Å²) < 4.78 is 27.6. The van der Waals surface area contributed by atoms with E-state index >= 15 is 0 Å². The molecule has 0 spiro atoms. The van der Waals surface area contributed by atoms with Crippen LogP contribution in [0.1, 0.15) is 22.3 Å². The lowest BCUT2D eigenvalue weighted by Gasteiger charge is -2.09. The van der Waals surface area contributed by atoms with E-state index in [0.717, 1.165) is 0 Å². The van der Waals surface area contributed by atoms with Crippen molar-refractivity contribution in [2.75, 3.05) is 11.5 Å². The number of esters is 1. The van der Waals surface area contributed by atoms with Crippen LogP contribution < -0.4 is 5.73 Å². The molecule has 0 saturated carbocycles. The van der Waals surface area contributed by atoms with E-state index in [-0.39, 0.29) is 18.1 Å². The minimum atomic E-state index is -3.09. The monoisotopic (exact) mass is 297 g/mol. The van der Waals surface area contributed by atoms with Crippen LogP contribution in [0.15, 0.2) is 24.3 Å². The van der Waals surface area contributed by atoms with Gasteiger partial charge in [-0.05, 0) is 24.1 Å². The van der Waals surface area contributed by atoms with Crippen molar-refractivity contribution in [3.63, 3.8) is 0 Å². The molecule has 2 rings (SSSR count). The van der Waals surface area contributed by atoms with Crippen LogP contribution in [0.3, 0.4) is 0 Å². The lowest BCUT2D eigenvalue weighted by Crippen LogP contribution is -2.18. The number of carbonyl (C=O) groups excluding carboxylic acids is 2. The van der Waals surface area contributed by atoms with E-state index in [0.29, 0.717) is 17.5 Å². The summed E-state index contributed by atoms with van der Waals surface area (Å²) in [5.74, 6) is -1.67. The number of hydrogen-bond donors (Lipinski definition) is 1. The fourth-order valence-corrected chi connectivity index (χ4v) is 3.74. The highest BCUT2D eigenvalue weighted by molar-refractivity contribution is 7.91. The summed E-state index contributed by atoms with van der Waals surface area (Å²) in [5.41, 5.74) is 6.20. The Morgan fingerprint density at radius 1 is 1.25 bits per heavy atom. The van der Waals surface area contributed by atoms with E-state index in [4.69, 9.17) is 10.5 Å². The van der Waals surface area contributed by atoms with Gasteiger partial charge >= 0.3 is 5.97 Å². The molecule has 1 aliphatic rings. The summed E-state index contributed by atoms with van der Waals surface area (Å²) >= 11 is 0. The fraction of sp³-hybridized carbons (Fsp3) is 0.385. The molecule has 6 nitrogen and oxygen atoms in total. The van der Waals surface area contributed by atoms with Crippen LogP contribution in [0.5, 0.6) is 0 Å². The maximum atomic E-state index is 11.7. The molecule has 0 aromatic heterocycles. The van der Waals surface area contributed by atoms with Crippen molar-refractivity contribution in [1.82, 2.24) is 0 Å². The van der Waals surface area contributed by atoms with Gasteiger partial charge in [0.15, 0.2) is 9.84 Å². The van der Waals surface area contributed by atoms with Gasteiger partial charge in [0.05, 0.1) is 17.4 Å². The molecule has 0 radical (unpaired) electrons. The number of ether oxygens (including phenoxy) is 1. The molecule has 0 aliphatic carbocycles. The second kappa shape index (κ2) is 5.62. The lowest BCUT2D eigenvalue weighted by atomic mass is 10.1. The van der Waals surface area contributed by atoms with Crippen molar-refractivity contribution in [1.29, 1.82) is 0 Å². The smallest absolute Gasteiger partial charge is 0.310 e. The van der Waals surface area contributed by atoms with Gasteiger partial charge < -0.3 is 10.5 Å². The number of primary amides is 1. The van der Waals surface area contributed by atoms with Gasteiger partial charge in [0.25, 0.3) is 0 Å². The molecule has 1 amide bonds. The average molecular weight is 297 g/mol. The number of sulfone groups is 1. The Labute approximate surface area is 116 Å². The minimum absolute atomic E-state index is 0.0417. The third-order valence-electron chi connectivity index (χ3n) is 3.19. The van der Waals surface area contributed by atoms with Gasteiger partial charge in [-0.15, -0.1) is 0 Å². The second-order valence-electron chi connectivity index (χ2n) is 4.77. The molecular weight excluding hydrogens is 282 g/mol. The first-order chi connectivity index (χ1) is 9.37. The average Bonchev–Trinajstić information content (AvgIpc) is 2.77. The number of nitrogens with two attached hydrogens (primary N) is 1. The van der Waals surface area contributed by atoms with Crippen LogP contribution >= 0.6 is 0 Å². The molecule has 2 N–H and O–H groups in total. The molecule has 1 fully saturated rings. The normalized spacial score (nSPS) is 20.5. The van der Waals surface area contributed by atoms with Gasteiger partial charge in [-0.25, -0.2) is 8.42 Å². The Bertz CT molecular complexity index is 621. The molecule has 1 saturated heterocycles. The first-order valence-electron chi connectivity index (χ1n) is 6.13. The zero-order valence-electron chi connectivity index (χ0n) is 10.7. The largest absolute Gasteiger partial charge is 0.461 e. The van der Waals surface area contributed by atoms with Gasteiger partial charge in [-0.2, -0.15) is 0 Å². The molecule has 1 aromatic rings. The van der Waals surface area contributed by atoms with Crippen molar-refractivity contribution >= 4 is 21.7 Å². The summed E-state index contributed by atoms with van der Waals surface area (Å²) in [6.45, 7) is 0.0500. The molecule has 1 aromatic carbocycles. The van der Waals surface area contributed by atoms with E-state index < -0.39 is 27.6 Å². The number of benzene rings is 1. The highest BCUT2D eigenvalue weighted by atomic mass is 32.2. The Morgan fingerprint density at radius 3 is 2.40 bits per heavy atom. The molecule has 7 heteroatoms. The van der Waals surface area contributed by atoms with Crippen LogP contribution in [-0.2, 0) is 26.0 Å². The van der Waals surface area contributed by atoms with Gasteiger partial charge in [0.1, 0.15) is 6.61 Å². The first-order valence-corrected chi connectivity index (χ1v) is 7.95. The maximum absolute atomic E-state index is 11.7. The molecule has 108 valence electrons. The number of carbonyl (C=O) groups is 2. The molecule has 1 atom stereocenters. The van der Waals surface area contributed by atoms with E-state index in [9.17, 15) is 18.0 Å². The van der Waals surface area contributed by atoms with E-state index in [2.05, 4.69) is 0 Å². The van der Waals surface area contributed by atoms with E-state index in [1.807, 2.05) is 0 Å². The fourth-order valence-electron chi connectivity index (χ4n) is 2.02. The van der Waals surface area contributed by atoms with Crippen LogP contribution in [0, 0.1) is 5.92 Å². The van der Waals surface area contributed by atoms with E-state index in [1.54, 1.807) is 24.3 Å². The van der Waals surface area contributed by atoms with E-state index in [1.165, 1.54) is 0 Å². The highest BCUT2D eigenvalue weighted by Crippen LogP contribution is 2.20. The van der Waals surface area contributed by atoms with Crippen molar-refractivity contribution in [2.24, 2.45) is 11.7 Å². The molecule has 1 heterocycles. The van der Waals surface area contributed by atoms with Crippen LogP contribution in [0.25, 0.3) is 0 Å². The van der Waals surface area contributed by atoms with Crippen LogP contribution in [0.2, 0.25) is 0 Å². The highest BCUT2D eigenvalue weighted by Gasteiger charge is 2.33. The van der Waals surface area contributed by atoms with Gasteiger partial charge in [0, 0.05) is 5.56 Å². The van der Waals surface area contributed by atoms with Crippen LogP contribution in [-0.4, -0.2) is 31.8 Å². The summed E-state index contributed by atoms with van der Waals surface area (Å²) in [6.07, 6.45) is 0.321. The summed E-state index contributed by atoms with van der Waals surface area (Å²) in [4.78, 5) is 22.6. The lowest BCUT2D eigenvalue weighted by molar-refractivity contribution is -0.149. The first kappa shape index (κ1) is 14.5. The minimum Gasteiger partial charge on any atom is -0.461 e. The summed E-state index contributed by atoms with van der Waals surface area (Å²) in [5, 5.41) is 0. The molecule has 20 heavy (non-hydrogen) atoms. The topological polar surface area (TPSA) is 104 Å².